The molecule has 0 aromatic heterocycles. The summed E-state index contributed by atoms with van der Waals surface area (Å²) in [5.41, 5.74) is 1.39. The Labute approximate surface area is 113 Å². The van der Waals surface area contributed by atoms with Crippen LogP contribution in [-0.2, 0) is 4.74 Å². The van der Waals surface area contributed by atoms with E-state index in [0.29, 0.717) is 6.04 Å². The van der Waals surface area contributed by atoms with Gasteiger partial charge in [0, 0.05) is 19.7 Å². The normalized spacial score (nSPS) is 18.1. The van der Waals surface area contributed by atoms with Gasteiger partial charge in [-0.15, -0.1) is 0 Å². The van der Waals surface area contributed by atoms with E-state index in [0.717, 1.165) is 26.1 Å². The van der Waals surface area contributed by atoms with Gasteiger partial charge >= 0.3 is 0 Å². The molecule has 0 fully saturated rings. The zero-order valence-corrected chi connectivity index (χ0v) is 12.6. The van der Waals surface area contributed by atoms with E-state index in [9.17, 15) is 0 Å². The van der Waals surface area contributed by atoms with Crippen LogP contribution in [0.4, 0.5) is 0 Å². The molecule has 1 unspecified atom stereocenters. The van der Waals surface area contributed by atoms with Gasteiger partial charge in [0.2, 0.25) is 0 Å². The van der Waals surface area contributed by atoms with Crippen LogP contribution in [-0.4, -0.2) is 37.7 Å². The van der Waals surface area contributed by atoms with E-state index in [1.807, 2.05) is 13.8 Å². The van der Waals surface area contributed by atoms with Gasteiger partial charge in [0.15, 0.2) is 0 Å². The van der Waals surface area contributed by atoms with Gasteiger partial charge in [-0.25, -0.2) is 0 Å². The van der Waals surface area contributed by atoms with Crippen molar-refractivity contribution < 1.29 is 4.74 Å². The van der Waals surface area contributed by atoms with Crippen LogP contribution in [0.15, 0.2) is 36.0 Å². The summed E-state index contributed by atoms with van der Waals surface area (Å²) in [5, 5.41) is 0. The molecule has 1 rings (SSSR count). The standard InChI is InChI=1S/C14H23NO.C2H6/c1-4-13-7-6-8-14(10-9-13)15(5-2)11-12-16-3;1-2/h6-10,14H,4-5,11-12H2,1-3H3;1-2H3. The van der Waals surface area contributed by atoms with Crippen LogP contribution in [0.1, 0.15) is 34.1 Å². The third kappa shape index (κ3) is 6.18. The SMILES string of the molecule is CC.CCC1=CC=CC(N(CC)CCOC)C=C1. The first-order valence-corrected chi connectivity index (χ1v) is 7.10. The predicted molar refractivity (Wildman–Crippen MR) is 80.9 cm³/mol. The van der Waals surface area contributed by atoms with Crippen molar-refractivity contribution in [3.8, 4) is 0 Å². The van der Waals surface area contributed by atoms with Crippen molar-refractivity contribution in [1.29, 1.82) is 0 Å². The van der Waals surface area contributed by atoms with Crippen molar-refractivity contribution in [1.82, 2.24) is 4.90 Å². The summed E-state index contributed by atoms with van der Waals surface area (Å²) in [6.07, 6.45) is 12.2. The molecule has 0 spiro atoms. The number of methoxy groups -OCH3 is 1. The number of rotatable bonds is 6. The van der Waals surface area contributed by atoms with Gasteiger partial charge in [-0.3, -0.25) is 4.90 Å². The van der Waals surface area contributed by atoms with Crippen LogP contribution in [0.3, 0.4) is 0 Å². The summed E-state index contributed by atoms with van der Waals surface area (Å²) in [4.78, 5) is 2.41. The largest absolute Gasteiger partial charge is 0.383 e. The van der Waals surface area contributed by atoms with E-state index in [4.69, 9.17) is 4.74 Å². The van der Waals surface area contributed by atoms with Crippen LogP contribution in [0.5, 0.6) is 0 Å². The molecule has 0 saturated heterocycles. The van der Waals surface area contributed by atoms with Crippen molar-refractivity contribution in [2.75, 3.05) is 26.8 Å². The van der Waals surface area contributed by atoms with Crippen LogP contribution in [0.2, 0.25) is 0 Å². The van der Waals surface area contributed by atoms with E-state index in [-0.39, 0.29) is 0 Å². The summed E-state index contributed by atoms with van der Waals surface area (Å²) < 4.78 is 5.14. The van der Waals surface area contributed by atoms with Gasteiger partial charge in [0.05, 0.1) is 6.61 Å². The van der Waals surface area contributed by atoms with E-state index in [1.54, 1.807) is 7.11 Å². The molecule has 0 amide bonds. The molecule has 0 bridgehead atoms. The number of hydrogen-bond acceptors (Lipinski definition) is 2. The lowest BCUT2D eigenvalue weighted by Crippen LogP contribution is -2.35. The topological polar surface area (TPSA) is 12.5 Å². The molecule has 0 aromatic carbocycles. The Morgan fingerprint density at radius 2 is 1.94 bits per heavy atom. The molecule has 1 aliphatic carbocycles. The maximum Gasteiger partial charge on any atom is 0.0590 e. The lowest BCUT2D eigenvalue weighted by atomic mass is 10.1. The molecular weight excluding hydrogens is 222 g/mol. The van der Waals surface area contributed by atoms with Crippen molar-refractivity contribution in [2.45, 2.75) is 40.2 Å². The first kappa shape index (κ1) is 17.1. The molecule has 0 radical (unpaired) electrons. The van der Waals surface area contributed by atoms with E-state index >= 15 is 0 Å². The first-order valence-electron chi connectivity index (χ1n) is 7.10. The molecule has 0 N–H and O–H groups in total. The number of likely N-dealkylation sites (N-methyl/N-ethyl adjacent to an activating group) is 1. The summed E-state index contributed by atoms with van der Waals surface area (Å²) in [5.74, 6) is 0. The molecule has 0 heterocycles. The Morgan fingerprint density at radius 1 is 1.22 bits per heavy atom. The average Bonchev–Trinajstić information content (AvgIpc) is 2.67. The van der Waals surface area contributed by atoms with Crippen LogP contribution < -0.4 is 0 Å². The van der Waals surface area contributed by atoms with E-state index in [2.05, 4.69) is 49.1 Å². The van der Waals surface area contributed by atoms with Crippen LogP contribution >= 0.6 is 0 Å². The van der Waals surface area contributed by atoms with Gasteiger partial charge in [-0.2, -0.15) is 0 Å². The number of allylic oxidation sites excluding steroid dienone is 4. The highest BCUT2D eigenvalue weighted by molar-refractivity contribution is 5.30. The van der Waals surface area contributed by atoms with Crippen molar-refractivity contribution >= 4 is 0 Å². The summed E-state index contributed by atoms with van der Waals surface area (Å²) >= 11 is 0. The summed E-state index contributed by atoms with van der Waals surface area (Å²) in [6.45, 7) is 11.2. The van der Waals surface area contributed by atoms with Crippen LogP contribution in [0.25, 0.3) is 0 Å². The highest BCUT2D eigenvalue weighted by atomic mass is 16.5. The Morgan fingerprint density at radius 3 is 2.50 bits per heavy atom. The minimum atomic E-state index is 0.403. The van der Waals surface area contributed by atoms with Crippen molar-refractivity contribution in [3.63, 3.8) is 0 Å². The van der Waals surface area contributed by atoms with Crippen LogP contribution in [0, 0.1) is 0 Å². The lowest BCUT2D eigenvalue weighted by Gasteiger charge is -2.25. The zero-order chi connectivity index (χ0) is 13.8. The maximum atomic E-state index is 5.14. The Kier molecular flexibility index (Phi) is 10.7. The summed E-state index contributed by atoms with van der Waals surface area (Å²) in [6, 6.07) is 0.403. The second-order valence-corrected chi connectivity index (χ2v) is 3.95. The Bertz CT molecular complexity index is 279. The van der Waals surface area contributed by atoms with E-state index in [1.165, 1.54) is 5.57 Å². The molecular formula is C16H29NO. The molecule has 2 heteroatoms. The second-order valence-electron chi connectivity index (χ2n) is 3.95. The number of hydrogen-bond donors (Lipinski definition) is 0. The maximum absolute atomic E-state index is 5.14. The molecule has 18 heavy (non-hydrogen) atoms. The molecule has 104 valence electrons. The molecule has 1 atom stereocenters. The fraction of sp³-hybridized carbons (Fsp3) is 0.625. The Hall–Kier alpha value is -0.860. The fourth-order valence-electron chi connectivity index (χ4n) is 1.84. The molecule has 0 aliphatic heterocycles. The molecule has 1 aliphatic rings. The first-order chi connectivity index (χ1) is 8.81. The highest BCUT2D eigenvalue weighted by Gasteiger charge is 2.11. The monoisotopic (exact) mass is 251 g/mol. The minimum Gasteiger partial charge on any atom is -0.383 e. The second kappa shape index (κ2) is 11.2. The van der Waals surface area contributed by atoms with Gasteiger partial charge in [-0.05, 0) is 18.5 Å². The predicted octanol–water partition coefficient (Wildman–Crippen LogP) is 3.81. The zero-order valence-electron chi connectivity index (χ0n) is 12.6. The number of nitrogens with zero attached hydrogens (tertiary/aromatic N) is 1. The fourth-order valence-corrected chi connectivity index (χ4v) is 1.84. The van der Waals surface area contributed by atoms with Crippen molar-refractivity contribution in [2.24, 2.45) is 0 Å². The molecule has 0 saturated carbocycles. The third-order valence-electron chi connectivity index (χ3n) is 2.94. The highest BCUT2D eigenvalue weighted by Crippen LogP contribution is 2.12. The van der Waals surface area contributed by atoms with Gasteiger partial charge in [-0.1, -0.05) is 58.1 Å². The average molecular weight is 251 g/mol. The Balaban J connectivity index is 0.00000137. The molecule has 2 nitrogen and oxygen atoms in total. The van der Waals surface area contributed by atoms with E-state index < -0.39 is 0 Å². The summed E-state index contributed by atoms with van der Waals surface area (Å²) in [7, 11) is 1.75. The van der Waals surface area contributed by atoms with Gasteiger partial charge < -0.3 is 4.74 Å². The lowest BCUT2D eigenvalue weighted by molar-refractivity contribution is 0.146. The smallest absolute Gasteiger partial charge is 0.0590 e. The molecule has 0 aromatic rings. The third-order valence-corrected chi connectivity index (χ3v) is 2.94. The van der Waals surface area contributed by atoms with Gasteiger partial charge in [0.1, 0.15) is 0 Å². The minimum absolute atomic E-state index is 0.403. The van der Waals surface area contributed by atoms with Gasteiger partial charge in [0.25, 0.3) is 0 Å². The number of ether oxygens (including phenoxy) is 1. The quantitative estimate of drug-likeness (QED) is 0.711. The van der Waals surface area contributed by atoms with Crippen molar-refractivity contribution in [3.05, 3.63) is 36.0 Å².